The third-order valence-electron chi connectivity index (χ3n) is 3.97. The van der Waals surface area contributed by atoms with Crippen molar-refractivity contribution in [2.75, 3.05) is 19.1 Å². The summed E-state index contributed by atoms with van der Waals surface area (Å²) in [5.74, 6) is -0.944. The molecule has 0 aliphatic heterocycles. The molecule has 2 rings (SSSR count). The lowest BCUT2D eigenvalue weighted by atomic mass is 10.1. The Kier molecular flexibility index (Phi) is 9.07. The molecule has 0 fully saturated rings. The zero-order valence-electron chi connectivity index (χ0n) is 15.8. The highest BCUT2D eigenvalue weighted by Crippen LogP contribution is 2.21. The number of rotatable bonds is 9. The Morgan fingerprint density at radius 2 is 1.97 bits per heavy atom. The maximum absolute atomic E-state index is 13.8. The molecule has 1 atom stereocenters. The number of nitrogens with one attached hydrogen (secondary N) is 1. The van der Waals surface area contributed by atoms with E-state index in [-0.39, 0.29) is 22.9 Å². The molecule has 5 nitrogen and oxygen atoms in total. The largest absolute Gasteiger partial charge is 0.494 e. The van der Waals surface area contributed by atoms with E-state index in [1.54, 1.807) is 6.07 Å². The predicted molar refractivity (Wildman–Crippen MR) is 113 cm³/mol. The molecule has 0 aliphatic rings. The van der Waals surface area contributed by atoms with Gasteiger partial charge >= 0.3 is 5.97 Å². The molecule has 156 valence electrons. The van der Waals surface area contributed by atoms with Crippen molar-refractivity contribution in [2.24, 2.45) is 0 Å². The van der Waals surface area contributed by atoms with Crippen molar-refractivity contribution in [2.45, 2.75) is 19.1 Å². The van der Waals surface area contributed by atoms with E-state index in [0.717, 1.165) is 0 Å². The monoisotopic (exact) mass is 459 g/mol. The van der Waals surface area contributed by atoms with Crippen LogP contribution in [0.15, 0.2) is 36.4 Å². The van der Waals surface area contributed by atoms with Crippen LogP contribution in [0.25, 0.3) is 0 Å². The summed E-state index contributed by atoms with van der Waals surface area (Å²) in [6, 6.07) is 7.88. The number of thioether (sulfide) groups is 1. The molecular formula is C20H20Cl2FNO4S. The van der Waals surface area contributed by atoms with E-state index in [1.165, 1.54) is 49.2 Å². The Labute approximate surface area is 182 Å². The van der Waals surface area contributed by atoms with Crippen LogP contribution in [0.2, 0.25) is 10.0 Å². The van der Waals surface area contributed by atoms with E-state index < -0.39 is 23.7 Å². The summed E-state index contributed by atoms with van der Waals surface area (Å²) in [4.78, 5) is 25.0. The van der Waals surface area contributed by atoms with Crippen molar-refractivity contribution in [1.29, 1.82) is 0 Å². The van der Waals surface area contributed by atoms with Gasteiger partial charge in [0.1, 0.15) is 12.6 Å². The Hall–Kier alpha value is -1.96. The molecule has 0 aromatic heterocycles. The molecule has 1 amide bonds. The first kappa shape index (κ1) is 23.3. The standard InChI is InChI=1S/C20H20Cl2FNO4S/c1-27-18-6-3-12(9-16(18)23)11-28-20(26)17(7-8-29-2)24-19(25)14-5-4-13(21)10-15(14)22/h3-6,9-10,17H,7-8,11H2,1-2H3,(H,24,25). The molecule has 2 aromatic rings. The number of amides is 1. The van der Waals surface area contributed by atoms with Crippen molar-refractivity contribution in [3.8, 4) is 5.75 Å². The fraction of sp³-hybridized carbons (Fsp3) is 0.300. The van der Waals surface area contributed by atoms with Gasteiger partial charge in [0.25, 0.3) is 5.91 Å². The van der Waals surface area contributed by atoms with Gasteiger partial charge in [-0.1, -0.05) is 29.3 Å². The Morgan fingerprint density at radius 3 is 2.59 bits per heavy atom. The summed E-state index contributed by atoms with van der Waals surface area (Å²) in [7, 11) is 1.37. The van der Waals surface area contributed by atoms with Crippen LogP contribution in [-0.2, 0) is 16.1 Å². The van der Waals surface area contributed by atoms with Crippen LogP contribution >= 0.6 is 35.0 Å². The van der Waals surface area contributed by atoms with Crippen LogP contribution in [0.4, 0.5) is 4.39 Å². The number of methoxy groups -OCH3 is 1. The van der Waals surface area contributed by atoms with Crippen LogP contribution in [0, 0.1) is 5.82 Å². The second kappa shape index (κ2) is 11.3. The first-order valence-electron chi connectivity index (χ1n) is 8.59. The average Bonchev–Trinajstić information content (AvgIpc) is 2.69. The van der Waals surface area contributed by atoms with Gasteiger partial charge in [0, 0.05) is 5.02 Å². The van der Waals surface area contributed by atoms with Gasteiger partial charge in [-0.3, -0.25) is 4.79 Å². The molecule has 0 bridgehead atoms. The van der Waals surface area contributed by atoms with E-state index in [2.05, 4.69) is 5.32 Å². The highest BCUT2D eigenvalue weighted by atomic mass is 35.5. The molecule has 29 heavy (non-hydrogen) atoms. The van der Waals surface area contributed by atoms with Crippen LogP contribution in [0.3, 0.4) is 0 Å². The van der Waals surface area contributed by atoms with Gasteiger partial charge in [-0.25, -0.2) is 9.18 Å². The molecule has 0 spiro atoms. The summed E-state index contributed by atoms with van der Waals surface area (Å²) in [6.45, 7) is -0.132. The minimum Gasteiger partial charge on any atom is -0.494 e. The number of ether oxygens (including phenoxy) is 2. The van der Waals surface area contributed by atoms with Gasteiger partial charge in [-0.2, -0.15) is 11.8 Å². The third-order valence-corrected chi connectivity index (χ3v) is 5.17. The maximum atomic E-state index is 13.8. The van der Waals surface area contributed by atoms with E-state index in [4.69, 9.17) is 32.7 Å². The topological polar surface area (TPSA) is 64.6 Å². The van der Waals surface area contributed by atoms with Crippen molar-refractivity contribution < 1.29 is 23.5 Å². The SMILES string of the molecule is COc1ccc(COC(=O)C(CCSC)NC(=O)c2ccc(Cl)cc2Cl)cc1F. The number of halogens is 3. The zero-order valence-corrected chi connectivity index (χ0v) is 18.2. The second-order valence-electron chi connectivity index (χ2n) is 6.01. The van der Waals surface area contributed by atoms with E-state index >= 15 is 0 Å². The van der Waals surface area contributed by atoms with Crippen molar-refractivity contribution in [1.82, 2.24) is 5.32 Å². The van der Waals surface area contributed by atoms with Gasteiger partial charge in [-0.05, 0) is 54.3 Å². The molecule has 0 heterocycles. The van der Waals surface area contributed by atoms with Gasteiger partial charge in [0.05, 0.1) is 17.7 Å². The average molecular weight is 460 g/mol. The highest BCUT2D eigenvalue weighted by Gasteiger charge is 2.24. The Morgan fingerprint density at radius 1 is 1.21 bits per heavy atom. The summed E-state index contributed by atoms with van der Waals surface area (Å²) < 4.78 is 23.9. The Bertz CT molecular complexity index is 882. The van der Waals surface area contributed by atoms with Crippen molar-refractivity contribution in [3.63, 3.8) is 0 Å². The van der Waals surface area contributed by atoms with E-state index in [1.807, 2.05) is 6.26 Å². The van der Waals surface area contributed by atoms with Crippen LogP contribution in [-0.4, -0.2) is 37.0 Å². The molecule has 0 radical (unpaired) electrons. The molecular weight excluding hydrogens is 440 g/mol. The van der Waals surface area contributed by atoms with Crippen molar-refractivity contribution >= 4 is 46.8 Å². The lowest BCUT2D eigenvalue weighted by Gasteiger charge is -2.18. The highest BCUT2D eigenvalue weighted by molar-refractivity contribution is 7.98. The molecule has 9 heteroatoms. The molecule has 0 saturated heterocycles. The van der Waals surface area contributed by atoms with Gasteiger partial charge in [0.15, 0.2) is 11.6 Å². The fourth-order valence-corrected chi connectivity index (χ4v) is 3.41. The first-order chi connectivity index (χ1) is 13.8. The summed E-state index contributed by atoms with van der Waals surface area (Å²) in [5.41, 5.74) is 0.669. The summed E-state index contributed by atoms with van der Waals surface area (Å²) in [6.07, 6.45) is 2.26. The molecule has 1 unspecified atom stereocenters. The molecule has 0 aliphatic carbocycles. The summed E-state index contributed by atoms with van der Waals surface area (Å²) in [5, 5.41) is 3.23. The van der Waals surface area contributed by atoms with Crippen LogP contribution in [0.5, 0.6) is 5.75 Å². The Balaban J connectivity index is 2.05. The van der Waals surface area contributed by atoms with Gasteiger partial charge in [0.2, 0.25) is 0 Å². The lowest BCUT2D eigenvalue weighted by molar-refractivity contribution is -0.147. The smallest absolute Gasteiger partial charge is 0.329 e. The molecule has 0 saturated carbocycles. The minimum absolute atomic E-state index is 0.102. The van der Waals surface area contributed by atoms with Crippen molar-refractivity contribution in [3.05, 3.63) is 63.4 Å². The van der Waals surface area contributed by atoms with Crippen LogP contribution in [0.1, 0.15) is 22.3 Å². The summed E-state index contributed by atoms with van der Waals surface area (Å²) >= 11 is 13.4. The number of carbonyl (C=O) groups is 2. The number of esters is 1. The predicted octanol–water partition coefficient (Wildman–Crippen LogP) is 4.74. The van der Waals surface area contributed by atoms with Gasteiger partial charge in [-0.15, -0.1) is 0 Å². The van der Waals surface area contributed by atoms with Crippen LogP contribution < -0.4 is 10.1 Å². The lowest BCUT2D eigenvalue weighted by Crippen LogP contribution is -2.42. The molecule has 2 aromatic carbocycles. The number of hydrogen-bond acceptors (Lipinski definition) is 5. The fourth-order valence-electron chi connectivity index (χ4n) is 2.45. The first-order valence-corrected chi connectivity index (χ1v) is 10.7. The normalized spacial score (nSPS) is 11.6. The number of carbonyl (C=O) groups excluding carboxylic acids is 2. The maximum Gasteiger partial charge on any atom is 0.329 e. The zero-order chi connectivity index (χ0) is 21.4. The van der Waals surface area contributed by atoms with E-state index in [9.17, 15) is 14.0 Å². The van der Waals surface area contributed by atoms with Gasteiger partial charge < -0.3 is 14.8 Å². The number of hydrogen-bond donors (Lipinski definition) is 1. The number of benzene rings is 2. The third kappa shape index (κ3) is 6.80. The quantitative estimate of drug-likeness (QED) is 0.548. The minimum atomic E-state index is -0.871. The molecule has 1 N–H and O–H groups in total. The second-order valence-corrected chi connectivity index (χ2v) is 7.84. The van der Waals surface area contributed by atoms with E-state index in [0.29, 0.717) is 22.8 Å².